The summed E-state index contributed by atoms with van der Waals surface area (Å²) < 4.78 is 27.2. The van der Waals surface area contributed by atoms with E-state index in [-0.39, 0.29) is 15.9 Å². The third-order valence-corrected chi connectivity index (χ3v) is 7.48. The van der Waals surface area contributed by atoms with Gasteiger partial charge in [-0.3, -0.25) is 14.3 Å². The molecule has 29 heavy (non-hydrogen) atoms. The zero-order chi connectivity index (χ0) is 20.9. The third kappa shape index (κ3) is 5.83. The van der Waals surface area contributed by atoms with Crippen molar-refractivity contribution in [3.8, 4) is 0 Å². The Balaban J connectivity index is 1.52. The van der Waals surface area contributed by atoms with Gasteiger partial charge in [-0.15, -0.1) is 23.1 Å². The van der Waals surface area contributed by atoms with Crippen molar-refractivity contribution < 1.29 is 18.0 Å². The number of hydrogen-bond donors (Lipinski definition) is 3. The van der Waals surface area contributed by atoms with Gasteiger partial charge >= 0.3 is 0 Å². The molecule has 2 amide bonds. The highest BCUT2D eigenvalue weighted by Crippen LogP contribution is 2.24. The molecule has 0 spiro atoms. The van der Waals surface area contributed by atoms with E-state index in [0.29, 0.717) is 16.9 Å². The van der Waals surface area contributed by atoms with E-state index in [4.69, 9.17) is 5.73 Å². The summed E-state index contributed by atoms with van der Waals surface area (Å²) in [5, 5.41) is 4.43. The summed E-state index contributed by atoms with van der Waals surface area (Å²) >= 11 is 2.46. The number of thioether (sulfide) groups is 1. The van der Waals surface area contributed by atoms with Crippen LogP contribution in [0.15, 0.2) is 75.1 Å². The molecular weight excluding hydrogens is 430 g/mol. The van der Waals surface area contributed by atoms with Crippen molar-refractivity contribution in [1.29, 1.82) is 0 Å². The molecule has 0 radical (unpaired) electrons. The number of carbonyl (C=O) groups excluding carboxylic acids is 2. The van der Waals surface area contributed by atoms with Gasteiger partial charge in [0.15, 0.2) is 0 Å². The van der Waals surface area contributed by atoms with Crippen LogP contribution >= 0.6 is 23.1 Å². The molecular formula is C19H17N3O4S3. The minimum absolute atomic E-state index is 0.178. The van der Waals surface area contributed by atoms with Gasteiger partial charge in [-0.25, -0.2) is 8.42 Å². The first kappa shape index (κ1) is 20.9. The quantitative estimate of drug-likeness (QED) is 0.458. The van der Waals surface area contributed by atoms with Crippen LogP contribution in [0, 0.1) is 0 Å². The van der Waals surface area contributed by atoms with Crippen LogP contribution in [-0.2, 0) is 14.8 Å². The van der Waals surface area contributed by atoms with Crippen molar-refractivity contribution in [2.45, 2.75) is 9.10 Å². The van der Waals surface area contributed by atoms with Gasteiger partial charge in [0.1, 0.15) is 4.21 Å². The minimum Gasteiger partial charge on any atom is -0.366 e. The second kappa shape index (κ2) is 9.12. The lowest BCUT2D eigenvalue weighted by Crippen LogP contribution is -2.15. The fraction of sp³-hybridized carbons (Fsp3) is 0.0526. The highest BCUT2D eigenvalue weighted by atomic mass is 32.2. The van der Waals surface area contributed by atoms with Gasteiger partial charge in [-0.2, -0.15) is 0 Å². The molecule has 3 rings (SSSR count). The summed E-state index contributed by atoms with van der Waals surface area (Å²) in [6.07, 6.45) is 0. The van der Waals surface area contributed by atoms with E-state index in [0.717, 1.165) is 16.2 Å². The van der Waals surface area contributed by atoms with E-state index in [1.165, 1.54) is 17.8 Å². The van der Waals surface area contributed by atoms with Crippen molar-refractivity contribution in [1.82, 2.24) is 0 Å². The Hall–Kier alpha value is -2.82. The highest BCUT2D eigenvalue weighted by molar-refractivity contribution is 8.00. The number of rotatable bonds is 8. The molecule has 4 N–H and O–H groups in total. The van der Waals surface area contributed by atoms with Crippen molar-refractivity contribution in [2.24, 2.45) is 5.73 Å². The highest BCUT2D eigenvalue weighted by Gasteiger charge is 2.15. The Kier molecular flexibility index (Phi) is 6.57. The summed E-state index contributed by atoms with van der Waals surface area (Å²) in [5.74, 6) is -0.554. The monoisotopic (exact) mass is 447 g/mol. The maximum Gasteiger partial charge on any atom is 0.271 e. The summed E-state index contributed by atoms with van der Waals surface area (Å²) in [5.41, 5.74) is 6.56. The lowest BCUT2D eigenvalue weighted by atomic mass is 10.2. The second-order valence-corrected chi connectivity index (χ2v) is 9.75. The van der Waals surface area contributed by atoms with Crippen LogP contribution in [-0.4, -0.2) is 26.0 Å². The number of amides is 2. The zero-order valence-electron chi connectivity index (χ0n) is 15.0. The van der Waals surface area contributed by atoms with Crippen LogP contribution in [0.25, 0.3) is 0 Å². The molecule has 0 saturated heterocycles. The number of anilines is 2. The average molecular weight is 448 g/mol. The molecule has 0 atom stereocenters. The van der Waals surface area contributed by atoms with Crippen molar-refractivity contribution in [2.75, 3.05) is 15.8 Å². The summed E-state index contributed by atoms with van der Waals surface area (Å²) in [6.45, 7) is 0. The number of nitrogens with two attached hydrogens (primary N) is 1. The van der Waals surface area contributed by atoms with Gasteiger partial charge in [0.25, 0.3) is 10.0 Å². The molecule has 150 valence electrons. The Morgan fingerprint density at radius 2 is 1.62 bits per heavy atom. The van der Waals surface area contributed by atoms with Crippen LogP contribution in [0.5, 0.6) is 0 Å². The molecule has 0 aliphatic rings. The van der Waals surface area contributed by atoms with Crippen LogP contribution < -0.4 is 15.8 Å². The van der Waals surface area contributed by atoms with E-state index < -0.39 is 15.9 Å². The lowest BCUT2D eigenvalue weighted by Gasteiger charge is -2.08. The minimum atomic E-state index is -3.58. The number of hydrogen-bond acceptors (Lipinski definition) is 6. The van der Waals surface area contributed by atoms with Crippen LogP contribution in [0.4, 0.5) is 11.4 Å². The summed E-state index contributed by atoms with van der Waals surface area (Å²) in [7, 11) is -3.58. The SMILES string of the molecule is NC(=O)c1ccc(NC(=O)CSc2ccc(NS(=O)(=O)c3cccs3)cc2)cc1. The Morgan fingerprint density at radius 1 is 0.966 bits per heavy atom. The molecule has 10 heteroatoms. The first-order valence-electron chi connectivity index (χ1n) is 8.32. The first-order chi connectivity index (χ1) is 13.8. The van der Waals surface area contributed by atoms with Crippen molar-refractivity contribution in [3.05, 3.63) is 71.6 Å². The van der Waals surface area contributed by atoms with Crippen LogP contribution in [0.1, 0.15) is 10.4 Å². The van der Waals surface area contributed by atoms with E-state index in [2.05, 4.69) is 10.0 Å². The Labute approximate surface area is 176 Å². The van der Waals surface area contributed by atoms with Crippen LogP contribution in [0.3, 0.4) is 0 Å². The molecule has 0 fully saturated rings. The van der Waals surface area contributed by atoms with Crippen LogP contribution in [0.2, 0.25) is 0 Å². The number of thiophene rings is 1. The Bertz CT molecular complexity index is 1090. The van der Waals surface area contributed by atoms with Gasteiger partial charge < -0.3 is 11.1 Å². The number of carbonyl (C=O) groups is 2. The van der Waals surface area contributed by atoms with E-state index in [9.17, 15) is 18.0 Å². The van der Waals surface area contributed by atoms with Crippen molar-refractivity contribution in [3.63, 3.8) is 0 Å². The maximum atomic E-state index is 12.2. The topological polar surface area (TPSA) is 118 Å². The molecule has 3 aromatic rings. The summed E-state index contributed by atoms with van der Waals surface area (Å²) in [4.78, 5) is 23.9. The molecule has 0 aliphatic carbocycles. The fourth-order valence-corrected chi connectivity index (χ4v) is 5.05. The van der Waals surface area contributed by atoms with Gasteiger partial charge in [-0.05, 0) is 60.0 Å². The first-order valence-corrected chi connectivity index (χ1v) is 11.7. The molecule has 0 unspecified atom stereocenters. The predicted molar refractivity (Wildman–Crippen MR) is 116 cm³/mol. The van der Waals surface area contributed by atoms with Gasteiger partial charge in [0.2, 0.25) is 11.8 Å². The number of sulfonamides is 1. The smallest absolute Gasteiger partial charge is 0.271 e. The average Bonchev–Trinajstić information content (AvgIpc) is 3.23. The fourth-order valence-electron chi connectivity index (χ4n) is 2.30. The standard InChI is InChI=1S/C19H17N3O4S3/c20-19(24)13-3-5-14(6-4-13)21-17(23)12-28-16-9-7-15(8-10-16)22-29(25,26)18-2-1-11-27-18/h1-11,22H,12H2,(H2,20,24)(H,21,23). The van der Waals surface area contributed by atoms with Gasteiger partial charge in [-0.1, -0.05) is 6.07 Å². The summed E-state index contributed by atoms with van der Waals surface area (Å²) in [6, 6.07) is 16.3. The van der Waals surface area contributed by atoms with E-state index >= 15 is 0 Å². The number of nitrogens with one attached hydrogen (secondary N) is 2. The molecule has 1 aromatic heterocycles. The lowest BCUT2D eigenvalue weighted by molar-refractivity contribution is -0.113. The molecule has 1 heterocycles. The molecule has 0 aliphatic heterocycles. The second-order valence-electron chi connectivity index (χ2n) is 5.84. The largest absolute Gasteiger partial charge is 0.366 e. The van der Waals surface area contributed by atoms with Crippen molar-refractivity contribution >= 4 is 56.3 Å². The number of benzene rings is 2. The molecule has 0 bridgehead atoms. The normalized spacial score (nSPS) is 11.0. The number of primary amides is 1. The van der Waals surface area contributed by atoms with Gasteiger partial charge in [0.05, 0.1) is 5.75 Å². The zero-order valence-corrected chi connectivity index (χ0v) is 17.4. The maximum absolute atomic E-state index is 12.2. The molecule has 0 saturated carbocycles. The van der Waals surface area contributed by atoms with E-state index in [1.807, 2.05) is 0 Å². The van der Waals surface area contributed by atoms with Gasteiger partial charge in [0, 0.05) is 21.8 Å². The third-order valence-electron chi connectivity index (χ3n) is 3.69. The molecule has 2 aromatic carbocycles. The van der Waals surface area contributed by atoms with E-state index in [1.54, 1.807) is 60.0 Å². The molecule has 7 nitrogen and oxygen atoms in total. The predicted octanol–water partition coefficient (Wildman–Crippen LogP) is 3.38. The Morgan fingerprint density at radius 3 is 2.21 bits per heavy atom.